The smallest absolute Gasteiger partial charge is 0.181 e. The molecule has 0 N–H and O–H groups in total. The van der Waals surface area contributed by atoms with Gasteiger partial charge in [-0.2, -0.15) is 0 Å². The van der Waals surface area contributed by atoms with Gasteiger partial charge in [-0.1, -0.05) is 18.2 Å². The van der Waals surface area contributed by atoms with Crippen LogP contribution in [0.4, 0.5) is 5.69 Å². The fraction of sp³-hybridized carbons (Fsp3) is 0.158. The number of hydrazine groups is 2. The SMILES string of the molecule is Cc1ccc2c(oc3c4ccccc4oc23)c1N1C=CN(C)N1C. The highest BCUT2D eigenvalue weighted by molar-refractivity contribution is 6.15. The number of nitrogens with zero attached hydrogens (tertiary/aromatic N) is 3. The van der Waals surface area contributed by atoms with Crippen molar-refractivity contribution in [3.05, 3.63) is 54.4 Å². The fourth-order valence-corrected chi connectivity index (χ4v) is 3.36. The molecule has 5 heteroatoms. The average Bonchev–Trinajstić information content (AvgIpc) is 3.21. The number of benzene rings is 2. The normalized spacial score (nSPS) is 15.6. The van der Waals surface area contributed by atoms with Crippen molar-refractivity contribution in [2.24, 2.45) is 0 Å². The summed E-state index contributed by atoms with van der Waals surface area (Å²) >= 11 is 0. The van der Waals surface area contributed by atoms with Crippen LogP contribution in [0.5, 0.6) is 0 Å². The molecule has 0 spiro atoms. The molecule has 0 atom stereocenters. The third-order valence-electron chi connectivity index (χ3n) is 4.75. The number of para-hydroxylation sites is 1. The maximum atomic E-state index is 6.30. The quantitative estimate of drug-likeness (QED) is 0.511. The van der Waals surface area contributed by atoms with Gasteiger partial charge < -0.3 is 8.83 Å². The van der Waals surface area contributed by atoms with Crippen LogP contribution in [-0.2, 0) is 0 Å². The van der Waals surface area contributed by atoms with Crippen LogP contribution in [0.1, 0.15) is 5.56 Å². The standard InChI is InChI=1S/C19H17N3O2/c1-12-8-9-14-17(16(12)22-11-10-20(2)21(22)3)24-18-13-6-4-5-7-15(13)23-19(14)18/h4-11H,1-3H3. The number of hydrogen-bond acceptors (Lipinski definition) is 5. The first-order valence-corrected chi connectivity index (χ1v) is 7.92. The minimum absolute atomic E-state index is 0.812. The Balaban J connectivity index is 1.85. The topological polar surface area (TPSA) is 36.0 Å². The minimum Gasteiger partial charge on any atom is -0.452 e. The molecular formula is C19H17N3O2. The Bertz CT molecular complexity index is 1120. The zero-order valence-electron chi connectivity index (χ0n) is 13.8. The molecular weight excluding hydrogens is 302 g/mol. The first kappa shape index (κ1) is 13.5. The van der Waals surface area contributed by atoms with Gasteiger partial charge in [-0.25, -0.2) is 0 Å². The molecule has 0 bridgehead atoms. The number of fused-ring (bicyclic) bond motifs is 5. The summed E-state index contributed by atoms with van der Waals surface area (Å²) in [5.41, 5.74) is 5.51. The van der Waals surface area contributed by atoms with Crippen molar-refractivity contribution in [1.82, 2.24) is 10.1 Å². The first-order chi connectivity index (χ1) is 11.6. The van der Waals surface area contributed by atoms with Crippen LogP contribution < -0.4 is 5.01 Å². The highest BCUT2D eigenvalue weighted by Gasteiger charge is 2.25. The Morgan fingerprint density at radius 3 is 2.38 bits per heavy atom. The highest BCUT2D eigenvalue weighted by atomic mass is 16.4. The first-order valence-electron chi connectivity index (χ1n) is 7.92. The van der Waals surface area contributed by atoms with E-state index in [0.29, 0.717) is 0 Å². The lowest BCUT2D eigenvalue weighted by Crippen LogP contribution is -2.39. The van der Waals surface area contributed by atoms with Crippen LogP contribution in [0, 0.1) is 6.92 Å². The van der Waals surface area contributed by atoms with Crippen molar-refractivity contribution < 1.29 is 8.83 Å². The molecule has 1 aliphatic rings. The van der Waals surface area contributed by atoms with Gasteiger partial charge in [0.05, 0.1) is 10.8 Å². The Morgan fingerprint density at radius 2 is 1.58 bits per heavy atom. The molecule has 3 heterocycles. The second-order valence-electron chi connectivity index (χ2n) is 6.17. The van der Waals surface area contributed by atoms with E-state index in [-0.39, 0.29) is 0 Å². The summed E-state index contributed by atoms with van der Waals surface area (Å²) in [6.07, 6.45) is 4.05. The van der Waals surface area contributed by atoms with E-state index in [1.54, 1.807) is 0 Å². The van der Waals surface area contributed by atoms with E-state index in [1.165, 1.54) is 0 Å². The van der Waals surface area contributed by atoms with Crippen molar-refractivity contribution in [3.63, 3.8) is 0 Å². The maximum Gasteiger partial charge on any atom is 0.181 e. The van der Waals surface area contributed by atoms with E-state index in [2.05, 4.69) is 24.1 Å². The summed E-state index contributed by atoms with van der Waals surface area (Å²) in [4.78, 5) is 0. The summed E-state index contributed by atoms with van der Waals surface area (Å²) < 4.78 is 12.4. The van der Waals surface area contributed by atoms with Gasteiger partial charge in [-0.05, 0) is 30.7 Å². The molecule has 0 saturated carbocycles. The van der Waals surface area contributed by atoms with E-state index in [1.807, 2.05) is 60.9 Å². The number of aryl methyl sites for hydroxylation is 1. The van der Waals surface area contributed by atoms with Crippen molar-refractivity contribution in [2.75, 3.05) is 19.1 Å². The predicted octanol–water partition coefficient (Wildman–Crippen LogP) is 4.63. The Hall–Kier alpha value is -2.92. The lowest BCUT2D eigenvalue weighted by Gasteiger charge is -2.30. The molecule has 2 aromatic heterocycles. The van der Waals surface area contributed by atoms with Gasteiger partial charge in [0.1, 0.15) is 11.3 Å². The van der Waals surface area contributed by atoms with E-state index in [9.17, 15) is 0 Å². The minimum atomic E-state index is 0.812. The van der Waals surface area contributed by atoms with Crippen LogP contribution in [-0.4, -0.2) is 24.2 Å². The molecule has 4 aromatic rings. The molecule has 0 fully saturated rings. The summed E-state index contributed by atoms with van der Waals surface area (Å²) in [6, 6.07) is 12.2. The largest absolute Gasteiger partial charge is 0.452 e. The molecule has 0 unspecified atom stereocenters. The van der Waals surface area contributed by atoms with Gasteiger partial charge >= 0.3 is 0 Å². The second kappa shape index (κ2) is 4.55. The molecule has 5 nitrogen and oxygen atoms in total. The summed E-state index contributed by atoms with van der Waals surface area (Å²) in [7, 11) is 4.02. The van der Waals surface area contributed by atoms with E-state index >= 15 is 0 Å². The van der Waals surface area contributed by atoms with Crippen molar-refractivity contribution in [3.8, 4) is 0 Å². The maximum absolute atomic E-state index is 6.30. The van der Waals surface area contributed by atoms with Crippen LogP contribution in [0.3, 0.4) is 0 Å². The van der Waals surface area contributed by atoms with Gasteiger partial charge in [0.2, 0.25) is 0 Å². The lowest BCUT2D eigenvalue weighted by molar-refractivity contribution is 0.101. The zero-order valence-corrected chi connectivity index (χ0v) is 13.8. The third kappa shape index (κ3) is 1.62. The number of furan rings is 2. The molecule has 24 heavy (non-hydrogen) atoms. The molecule has 1 aliphatic heterocycles. The molecule has 120 valence electrons. The summed E-state index contributed by atoms with van der Waals surface area (Å²) in [5.74, 6) is 0. The van der Waals surface area contributed by atoms with E-state index < -0.39 is 0 Å². The van der Waals surface area contributed by atoms with Gasteiger partial charge in [-0.3, -0.25) is 10.0 Å². The second-order valence-corrected chi connectivity index (χ2v) is 6.17. The average molecular weight is 319 g/mol. The van der Waals surface area contributed by atoms with Crippen LogP contribution in [0.25, 0.3) is 33.1 Å². The Kier molecular flexibility index (Phi) is 2.56. The number of hydrogen-bond donors (Lipinski definition) is 0. The van der Waals surface area contributed by atoms with Crippen molar-refractivity contribution >= 4 is 38.8 Å². The molecule has 0 saturated heterocycles. The Morgan fingerprint density at radius 1 is 0.792 bits per heavy atom. The third-order valence-corrected chi connectivity index (χ3v) is 4.75. The monoisotopic (exact) mass is 319 g/mol. The molecule has 0 radical (unpaired) electrons. The fourth-order valence-electron chi connectivity index (χ4n) is 3.36. The van der Waals surface area contributed by atoms with E-state index in [4.69, 9.17) is 8.83 Å². The highest BCUT2D eigenvalue weighted by Crippen LogP contribution is 2.42. The Labute approximate surface area is 138 Å². The van der Waals surface area contributed by atoms with E-state index in [0.717, 1.165) is 44.4 Å². The molecule has 0 aliphatic carbocycles. The molecule has 0 amide bonds. The van der Waals surface area contributed by atoms with Gasteiger partial charge in [0, 0.05) is 26.5 Å². The summed E-state index contributed by atoms with van der Waals surface area (Å²) in [5, 5.41) is 8.14. The lowest BCUT2D eigenvalue weighted by atomic mass is 10.1. The van der Waals surface area contributed by atoms with Gasteiger partial charge in [0.15, 0.2) is 16.7 Å². The van der Waals surface area contributed by atoms with Crippen LogP contribution >= 0.6 is 0 Å². The van der Waals surface area contributed by atoms with Crippen molar-refractivity contribution in [2.45, 2.75) is 6.92 Å². The number of rotatable bonds is 1. The summed E-state index contributed by atoms with van der Waals surface area (Å²) in [6.45, 7) is 2.09. The van der Waals surface area contributed by atoms with Gasteiger partial charge in [-0.15, -0.1) is 5.12 Å². The van der Waals surface area contributed by atoms with Gasteiger partial charge in [0.25, 0.3) is 0 Å². The van der Waals surface area contributed by atoms with Crippen LogP contribution in [0.2, 0.25) is 0 Å². The van der Waals surface area contributed by atoms with Crippen LogP contribution in [0.15, 0.2) is 57.6 Å². The zero-order chi connectivity index (χ0) is 16.4. The molecule has 5 rings (SSSR count). The predicted molar refractivity (Wildman–Crippen MR) is 95.4 cm³/mol. The molecule has 2 aromatic carbocycles. The number of anilines is 1. The van der Waals surface area contributed by atoms with Crippen molar-refractivity contribution in [1.29, 1.82) is 0 Å².